The highest BCUT2D eigenvalue weighted by molar-refractivity contribution is 9.10. The van der Waals surface area contributed by atoms with Gasteiger partial charge in [0.15, 0.2) is 6.61 Å². The number of ether oxygens (including phenoxy) is 1. The zero-order valence-corrected chi connectivity index (χ0v) is 19.6. The van der Waals surface area contributed by atoms with Gasteiger partial charge in [-0.05, 0) is 65.4 Å². The normalized spacial score (nSPS) is 11.6. The van der Waals surface area contributed by atoms with Crippen molar-refractivity contribution in [1.29, 1.82) is 0 Å². The standard InChI is InChI=1S/C24H31BrN2O3/c1-4-14-26-24(29)18(3)27(15-13-20-9-7-6-8-10-20)23(28)17-30-22-12-11-19(5-2)16-21(22)25/h6-12,16,18H,4-5,13-15,17H2,1-3H3,(H,26,29)/t18-/m1/s1. The van der Waals surface area contributed by atoms with E-state index in [1.165, 1.54) is 5.56 Å². The fourth-order valence-corrected chi connectivity index (χ4v) is 3.61. The van der Waals surface area contributed by atoms with Crippen molar-refractivity contribution in [3.8, 4) is 5.75 Å². The molecule has 0 aliphatic heterocycles. The van der Waals surface area contributed by atoms with Crippen molar-refractivity contribution in [2.45, 2.75) is 46.1 Å². The predicted octanol–water partition coefficient (Wildman–Crippen LogP) is 4.38. The zero-order valence-electron chi connectivity index (χ0n) is 18.0. The molecule has 0 aliphatic rings. The third-order valence-electron chi connectivity index (χ3n) is 4.96. The summed E-state index contributed by atoms with van der Waals surface area (Å²) in [6, 6.07) is 15.2. The number of aryl methyl sites for hydroxylation is 1. The minimum atomic E-state index is -0.567. The summed E-state index contributed by atoms with van der Waals surface area (Å²) in [6.07, 6.45) is 2.45. The van der Waals surface area contributed by atoms with Gasteiger partial charge < -0.3 is 15.0 Å². The average Bonchev–Trinajstić information content (AvgIpc) is 2.77. The van der Waals surface area contributed by atoms with E-state index in [1.54, 1.807) is 11.8 Å². The van der Waals surface area contributed by atoms with Crippen LogP contribution in [0.5, 0.6) is 5.75 Å². The molecule has 1 atom stereocenters. The van der Waals surface area contributed by atoms with E-state index >= 15 is 0 Å². The number of hydrogen-bond acceptors (Lipinski definition) is 3. The van der Waals surface area contributed by atoms with Gasteiger partial charge in [-0.1, -0.05) is 50.2 Å². The van der Waals surface area contributed by atoms with Gasteiger partial charge in [-0.3, -0.25) is 9.59 Å². The van der Waals surface area contributed by atoms with Crippen molar-refractivity contribution in [2.24, 2.45) is 0 Å². The molecular weight excluding hydrogens is 444 g/mol. The van der Waals surface area contributed by atoms with E-state index in [1.807, 2.05) is 55.5 Å². The number of benzene rings is 2. The van der Waals surface area contributed by atoms with E-state index in [0.29, 0.717) is 25.3 Å². The Balaban J connectivity index is 2.07. The maximum Gasteiger partial charge on any atom is 0.261 e. The molecule has 1 N–H and O–H groups in total. The molecule has 2 aromatic rings. The van der Waals surface area contributed by atoms with Crippen LogP contribution in [0.1, 0.15) is 38.3 Å². The zero-order chi connectivity index (χ0) is 21.9. The summed E-state index contributed by atoms with van der Waals surface area (Å²) < 4.78 is 6.59. The van der Waals surface area contributed by atoms with Crippen molar-refractivity contribution < 1.29 is 14.3 Å². The molecule has 0 spiro atoms. The van der Waals surface area contributed by atoms with Crippen LogP contribution in [0.15, 0.2) is 53.0 Å². The van der Waals surface area contributed by atoms with E-state index < -0.39 is 6.04 Å². The van der Waals surface area contributed by atoms with Crippen LogP contribution in [0.4, 0.5) is 0 Å². The van der Waals surface area contributed by atoms with Gasteiger partial charge >= 0.3 is 0 Å². The largest absolute Gasteiger partial charge is 0.483 e. The van der Waals surface area contributed by atoms with E-state index in [4.69, 9.17) is 4.74 Å². The molecule has 0 aliphatic carbocycles. The average molecular weight is 475 g/mol. The molecule has 5 nitrogen and oxygen atoms in total. The number of rotatable bonds is 11. The minimum Gasteiger partial charge on any atom is -0.483 e. The van der Waals surface area contributed by atoms with Crippen molar-refractivity contribution in [3.63, 3.8) is 0 Å². The Morgan fingerprint density at radius 3 is 2.47 bits per heavy atom. The summed E-state index contributed by atoms with van der Waals surface area (Å²) in [5, 5.41) is 2.88. The maximum atomic E-state index is 13.0. The van der Waals surface area contributed by atoms with Crippen molar-refractivity contribution in [3.05, 3.63) is 64.1 Å². The van der Waals surface area contributed by atoms with Crippen LogP contribution < -0.4 is 10.1 Å². The molecule has 0 aromatic heterocycles. The van der Waals surface area contributed by atoms with E-state index in [2.05, 4.69) is 28.2 Å². The van der Waals surface area contributed by atoms with Crippen LogP contribution in [0, 0.1) is 0 Å². The lowest BCUT2D eigenvalue weighted by Crippen LogP contribution is -2.50. The summed E-state index contributed by atoms with van der Waals surface area (Å²) in [4.78, 5) is 27.1. The van der Waals surface area contributed by atoms with E-state index in [0.717, 1.165) is 22.9 Å². The van der Waals surface area contributed by atoms with Gasteiger partial charge in [0.05, 0.1) is 4.47 Å². The third-order valence-corrected chi connectivity index (χ3v) is 5.58. The Labute approximate surface area is 187 Å². The van der Waals surface area contributed by atoms with Crippen molar-refractivity contribution in [2.75, 3.05) is 19.7 Å². The Morgan fingerprint density at radius 1 is 1.10 bits per heavy atom. The Hall–Kier alpha value is -2.34. The Morgan fingerprint density at radius 2 is 1.83 bits per heavy atom. The van der Waals surface area contributed by atoms with Gasteiger partial charge in [0.2, 0.25) is 5.91 Å². The third kappa shape index (κ3) is 7.17. The Bertz CT molecular complexity index is 826. The first kappa shape index (κ1) is 23.9. The highest BCUT2D eigenvalue weighted by Crippen LogP contribution is 2.26. The molecule has 2 rings (SSSR count). The number of halogens is 1. The van der Waals surface area contributed by atoms with Crippen LogP contribution in [0.25, 0.3) is 0 Å². The molecule has 0 bridgehead atoms. The monoisotopic (exact) mass is 474 g/mol. The second kappa shape index (κ2) is 12.4. The molecule has 0 saturated heterocycles. The van der Waals surface area contributed by atoms with Crippen LogP contribution >= 0.6 is 15.9 Å². The molecule has 162 valence electrons. The molecule has 0 radical (unpaired) electrons. The highest BCUT2D eigenvalue weighted by Gasteiger charge is 2.26. The summed E-state index contributed by atoms with van der Waals surface area (Å²) in [7, 11) is 0. The summed E-state index contributed by atoms with van der Waals surface area (Å²) in [6.45, 7) is 6.77. The topological polar surface area (TPSA) is 58.6 Å². The van der Waals surface area contributed by atoms with Gasteiger partial charge in [0, 0.05) is 13.1 Å². The van der Waals surface area contributed by atoms with Crippen LogP contribution in [0.3, 0.4) is 0 Å². The number of carbonyl (C=O) groups is 2. The lowest BCUT2D eigenvalue weighted by molar-refractivity contribution is -0.141. The number of hydrogen-bond donors (Lipinski definition) is 1. The van der Waals surface area contributed by atoms with E-state index in [-0.39, 0.29) is 18.4 Å². The van der Waals surface area contributed by atoms with Crippen molar-refractivity contribution in [1.82, 2.24) is 10.2 Å². The molecule has 2 aromatic carbocycles. The highest BCUT2D eigenvalue weighted by atomic mass is 79.9. The minimum absolute atomic E-state index is 0.121. The second-order valence-electron chi connectivity index (χ2n) is 7.20. The Kier molecular flexibility index (Phi) is 9.87. The molecule has 2 amide bonds. The van der Waals surface area contributed by atoms with Gasteiger partial charge in [0.1, 0.15) is 11.8 Å². The summed E-state index contributed by atoms with van der Waals surface area (Å²) in [5.74, 6) is 0.259. The van der Waals surface area contributed by atoms with Gasteiger partial charge in [-0.25, -0.2) is 0 Å². The predicted molar refractivity (Wildman–Crippen MR) is 124 cm³/mol. The summed E-state index contributed by atoms with van der Waals surface area (Å²) in [5.41, 5.74) is 2.31. The van der Waals surface area contributed by atoms with E-state index in [9.17, 15) is 9.59 Å². The first-order chi connectivity index (χ1) is 14.5. The molecule has 0 fully saturated rings. The molecule has 0 unspecified atom stereocenters. The first-order valence-electron chi connectivity index (χ1n) is 10.5. The van der Waals surface area contributed by atoms with Crippen LogP contribution in [0.2, 0.25) is 0 Å². The maximum absolute atomic E-state index is 13.0. The second-order valence-corrected chi connectivity index (χ2v) is 8.05. The van der Waals surface area contributed by atoms with Crippen LogP contribution in [-0.2, 0) is 22.4 Å². The first-order valence-corrected chi connectivity index (χ1v) is 11.3. The summed E-state index contributed by atoms with van der Waals surface area (Å²) >= 11 is 3.50. The smallest absolute Gasteiger partial charge is 0.261 e. The van der Waals surface area contributed by atoms with Crippen LogP contribution in [-0.4, -0.2) is 42.5 Å². The van der Waals surface area contributed by atoms with Crippen molar-refractivity contribution >= 4 is 27.7 Å². The quantitative estimate of drug-likeness (QED) is 0.525. The lowest BCUT2D eigenvalue weighted by Gasteiger charge is -2.28. The number of amides is 2. The number of nitrogens with zero attached hydrogens (tertiary/aromatic N) is 1. The SMILES string of the molecule is CCCNC(=O)[C@@H](C)N(CCc1ccccc1)C(=O)COc1ccc(CC)cc1Br. The lowest BCUT2D eigenvalue weighted by atomic mass is 10.1. The fourth-order valence-electron chi connectivity index (χ4n) is 3.07. The number of carbonyl (C=O) groups excluding carboxylic acids is 2. The van der Waals surface area contributed by atoms with Gasteiger partial charge in [0.25, 0.3) is 5.91 Å². The number of nitrogens with one attached hydrogen (secondary N) is 1. The fraction of sp³-hybridized carbons (Fsp3) is 0.417. The van der Waals surface area contributed by atoms with Gasteiger partial charge in [-0.2, -0.15) is 0 Å². The molecular formula is C24H31BrN2O3. The van der Waals surface area contributed by atoms with Gasteiger partial charge in [-0.15, -0.1) is 0 Å². The molecule has 0 saturated carbocycles. The molecule has 30 heavy (non-hydrogen) atoms. The molecule has 6 heteroatoms. The molecule has 0 heterocycles.